The molecule has 2 heterocycles. The molecule has 0 unspecified atom stereocenters. The first kappa shape index (κ1) is 21.5. The second-order valence-corrected chi connectivity index (χ2v) is 6.79. The normalized spacial score (nSPS) is 12.2. The zero-order valence-corrected chi connectivity index (χ0v) is 16.1. The van der Waals surface area contributed by atoms with Gasteiger partial charge in [-0.1, -0.05) is 6.07 Å². The maximum atomic E-state index is 13.6. The van der Waals surface area contributed by atoms with E-state index in [-0.39, 0.29) is 23.4 Å². The van der Waals surface area contributed by atoms with Crippen molar-refractivity contribution in [2.45, 2.75) is 19.1 Å². The average molecular weight is 452 g/mol. The van der Waals surface area contributed by atoms with Gasteiger partial charge in [0.1, 0.15) is 18.1 Å². The first-order chi connectivity index (χ1) is 15.1. The van der Waals surface area contributed by atoms with Crippen LogP contribution in [0.1, 0.15) is 11.3 Å². The Balaban J connectivity index is 1.57. The summed E-state index contributed by atoms with van der Waals surface area (Å²) in [5.74, 6) is -0.0984. The standard InChI is InChI=1S/C22H14F6N2O2/c23-21(24,25)20-15(12-31-17-7-3-14-9-10-29-19(14)11-17)4-8-18(30-20)13-1-5-16(6-2-13)32-22(26,27)28/h1-11,29H,12H2. The Bertz CT molecular complexity index is 1230. The van der Waals surface area contributed by atoms with E-state index in [1.54, 1.807) is 24.4 Å². The molecule has 0 aliphatic heterocycles. The van der Waals surface area contributed by atoms with Gasteiger partial charge in [0.05, 0.1) is 5.69 Å². The van der Waals surface area contributed by atoms with Crippen LogP contribution in [0.3, 0.4) is 0 Å². The molecule has 0 bridgehead atoms. The Morgan fingerprint density at radius 2 is 1.53 bits per heavy atom. The van der Waals surface area contributed by atoms with E-state index in [0.29, 0.717) is 5.75 Å². The van der Waals surface area contributed by atoms with E-state index in [4.69, 9.17) is 4.74 Å². The van der Waals surface area contributed by atoms with Gasteiger partial charge < -0.3 is 14.5 Å². The molecule has 0 radical (unpaired) electrons. The Morgan fingerprint density at radius 1 is 0.812 bits per heavy atom. The fourth-order valence-corrected chi connectivity index (χ4v) is 3.12. The number of nitrogens with zero attached hydrogens (tertiary/aromatic N) is 1. The van der Waals surface area contributed by atoms with Crippen LogP contribution in [0.2, 0.25) is 0 Å². The van der Waals surface area contributed by atoms with Crippen LogP contribution in [0.4, 0.5) is 26.3 Å². The summed E-state index contributed by atoms with van der Waals surface area (Å²) < 4.78 is 87.0. The number of fused-ring (bicyclic) bond motifs is 1. The zero-order valence-electron chi connectivity index (χ0n) is 16.1. The molecule has 0 spiro atoms. The molecule has 10 heteroatoms. The van der Waals surface area contributed by atoms with Crippen LogP contribution < -0.4 is 9.47 Å². The SMILES string of the molecule is FC(F)(F)Oc1ccc(-c2ccc(COc3ccc4cc[nH]c4c3)c(C(F)(F)F)n2)cc1. The molecule has 1 N–H and O–H groups in total. The molecule has 166 valence electrons. The van der Waals surface area contributed by atoms with Crippen LogP contribution in [-0.2, 0) is 12.8 Å². The molecule has 0 aliphatic carbocycles. The Kier molecular flexibility index (Phi) is 5.45. The summed E-state index contributed by atoms with van der Waals surface area (Å²) in [4.78, 5) is 6.69. The molecular formula is C22H14F6N2O2. The maximum Gasteiger partial charge on any atom is 0.573 e. The Labute approximate surface area is 177 Å². The summed E-state index contributed by atoms with van der Waals surface area (Å²) in [5, 5.41) is 0.936. The second kappa shape index (κ2) is 8.10. The van der Waals surface area contributed by atoms with Crippen molar-refractivity contribution in [3.63, 3.8) is 0 Å². The molecule has 4 nitrogen and oxygen atoms in total. The van der Waals surface area contributed by atoms with E-state index in [2.05, 4.69) is 14.7 Å². The molecule has 0 aliphatic rings. The number of alkyl halides is 6. The van der Waals surface area contributed by atoms with E-state index in [0.717, 1.165) is 23.0 Å². The third-order valence-corrected chi connectivity index (χ3v) is 4.55. The van der Waals surface area contributed by atoms with E-state index in [9.17, 15) is 26.3 Å². The molecule has 0 fully saturated rings. The van der Waals surface area contributed by atoms with Crippen LogP contribution in [-0.4, -0.2) is 16.3 Å². The molecule has 4 aromatic rings. The van der Waals surface area contributed by atoms with Crippen LogP contribution in [0.25, 0.3) is 22.2 Å². The lowest BCUT2D eigenvalue weighted by atomic mass is 10.1. The number of ether oxygens (including phenoxy) is 2. The quantitative estimate of drug-likeness (QED) is 0.342. The minimum Gasteiger partial charge on any atom is -0.489 e. The Hall–Kier alpha value is -3.69. The van der Waals surface area contributed by atoms with Crippen LogP contribution >= 0.6 is 0 Å². The number of rotatable bonds is 5. The van der Waals surface area contributed by atoms with Crippen LogP contribution in [0, 0.1) is 0 Å². The third-order valence-electron chi connectivity index (χ3n) is 4.55. The van der Waals surface area contributed by atoms with Gasteiger partial charge in [0.25, 0.3) is 0 Å². The molecule has 4 rings (SSSR count). The monoisotopic (exact) mass is 452 g/mol. The summed E-state index contributed by atoms with van der Waals surface area (Å²) in [7, 11) is 0. The van der Waals surface area contributed by atoms with Crippen molar-refractivity contribution in [1.29, 1.82) is 0 Å². The van der Waals surface area contributed by atoms with Gasteiger partial charge in [-0.25, -0.2) is 4.98 Å². The van der Waals surface area contributed by atoms with Crippen molar-refractivity contribution in [1.82, 2.24) is 9.97 Å². The van der Waals surface area contributed by atoms with Gasteiger partial charge in [0.2, 0.25) is 0 Å². The van der Waals surface area contributed by atoms with E-state index in [1.165, 1.54) is 24.3 Å². The molecular weight excluding hydrogens is 438 g/mol. The lowest BCUT2D eigenvalue weighted by Gasteiger charge is -2.15. The van der Waals surface area contributed by atoms with Gasteiger partial charge >= 0.3 is 12.5 Å². The van der Waals surface area contributed by atoms with E-state index in [1.807, 2.05) is 6.07 Å². The van der Waals surface area contributed by atoms with Gasteiger partial charge in [0.15, 0.2) is 5.69 Å². The average Bonchev–Trinajstić information content (AvgIpc) is 3.19. The molecule has 0 saturated carbocycles. The van der Waals surface area contributed by atoms with Crippen molar-refractivity contribution in [2.24, 2.45) is 0 Å². The molecule has 2 aromatic heterocycles. The van der Waals surface area contributed by atoms with Crippen molar-refractivity contribution in [3.05, 3.63) is 78.1 Å². The number of hydrogen-bond donors (Lipinski definition) is 1. The number of pyridine rings is 1. The minimum absolute atomic E-state index is 0.0487. The second-order valence-electron chi connectivity index (χ2n) is 6.79. The number of benzene rings is 2. The maximum absolute atomic E-state index is 13.6. The highest BCUT2D eigenvalue weighted by molar-refractivity contribution is 5.80. The molecule has 0 saturated heterocycles. The van der Waals surface area contributed by atoms with Gasteiger partial charge in [-0.05, 0) is 53.9 Å². The molecule has 0 atom stereocenters. The summed E-state index contributed by atoms with van der Waals surface area (Å²) in [5.41, 5.74) is -0.372. The summed E-state index contributed by atoms with van der Waals surface area (Å²) in [6.45, 7) is -0.368. The predicted octanol–water partition coefficient (Wildman–Crippen LogP) is 6.73. The van der Waals surface area contributed by atoms with Gasteiger partial charge in [-0.2, -0.15) is 13.2 Å². The topological polar surface area (TPSA) is 47.1 Å². The fraction of sp³-hybridized carbons (Fsp3) is 0.136. The van der Waals surface area contributed by atoms with Crippen molar-refractivity contribution < 1.29 is 35.8 Å². The van der Waals surface area contributed by atoms with Crippen LogP contribution in [0.15, 0.2) is 66.9 Å². The first-order valence-electron chi connectivity index (χ1n) is 9.22. The summed E-state index contributed by atoms with van der Waals surface area (Å²) in [6.07, 6.45) is -7.88. The third kappa shape index (κ3) is 4.96. The molecule has 0 amide bonds. The highest BCUT2D eigenvalue weighted by Gasteiger charge is 2.36. The predicted molar refractivity (Wildman–Crippen MR) is 104 cm³/mol. The number of aromatic amines is 1. The number of nitrogens with one attached hydrogen (secondary N) is 1. The highest BCUT2D eigenvalue weighted by Crippen LogP contribution is 2.34. The zero-order chi connectivity index (χ0) is 22.9. The van der Waals surface area contributed by atoms with Gasteiger partial charge in [0, 0.05) is 28.9 Å². The molecule has 32 heavy (non-hydrogen) atoms. The van der Waals surface area contributed by atoms with Gasteiger partial charge in [-0.15, -0.1) is 13.2 Å². The minimum atomic E-state index is -4.86. The lowest BCUT2D eigenvalue weighted by Crippen LogP contribution is -2.17. The smallest absolute Gasteiger partial charge is 0.489 e. The first-order valence-corrected chi connectivity index (χ1v) is 9.22. The number of aromatic nitrogens is 2. The fourth-order valence-electron chi connectivity index (χ4n) is 3.12. The lowest BCUT2D eigenvalue weighted by molar-refractivity contribution is -0.274. The summed E-state index contributed by atoms with van der Waals surface area (Å²) in [6, 6.07) is 13.9. The van der Waals surface area contributed by atoms with Crippen molar-refractivity contribution in [3.8, 4) is 22.8 Å². The van der Waals surface area contributed by atoms with Gasteiger partial charge in [-0.3, -0.25) is 0 Å². The number of halogens is 6. The largest absolute Gasteiger partial charge is 0.573 e. The van der Waals surface area contributed by atoms with Crippen molar-refractivity contribution >= 4 is 10.9 Å². The van der Waals surface area contributed by atoms with E-state index >= 15 is 0 Å². The summed E-state index contributed by atoms with van der Waals surface area (Å²) >= 11 is 0. The van der Waals surface area contributed by atoms with Crippen molar-refractivity contribution in [2.75, 3.05) is 0 Å². The van der Waals surface area contributed by atoms with Crippen LogP contribution in [0.5, 0.6) is 11.5 Å². The molecule has 2 aromatic carbocycles. The van der Waals surface area contributed by atoms with E-state index < -0.39 is 24.0 Å². The number of hydrogen-bond acceptors (Lipinski definition) is 3. The Morgan fingerprint density at radius 3 is 2.22 bits per heavy atom. The number of H-pyrrole nitrogens is 1. The highest BCUT2D eigenvalue weighted by atomic mass is 19.4.